The highest BCUT2D eigenvalue weighted by Gasteiger charge is 2.31. The minimum Gasteiger partial charge on any atom is -0.508 e. The number of hydrogen-bond acceptors (Lipinski definition) is 7. The zero-order valence-electron chi connectivity index (χ0n) is 26.0. The van der Waals surface area contributed by atoms with Crippen LogP contribution >= 0.6 is 0 Å². The molecule has 3 aromatic carbocycles. The summed E-state index contributed by atoms with van der Waals surface area (Å²) < 4.78 is 0. The molecule has 0 saturated heterocycles. The number of aromatic amines is 1. The number of aromatic nitrogens is 1. The highest BCUT2D eigenvalue weighted by Crippen LogP contribution is 2.20. The van der Waals surface area contributed by atoms with Crippen LogP contribution in [0.3, 0.4) is 0 Å². The van der Waals surface area contributed by atoms with E-state index in [1.807, 2.05) is 24.3 Å². The maximum atomic E-state index is 14.0. The number of hydrogen-bond donors (Lipinski definition) is 8. The lowest BCUT2D eigenvalue weighted by atomic mass is 10.0. The quantitative estimate of drug-likeness (QED) is 0.0795. The molecule has 4 unspecified atom stereocenters. The number of unbranched alkanes of at least 4 members (excludes halogenated alkanes) is 1. The summed E-state index contributed by atoms with van der Waals surface area (Å²) in [6.45, 7) is 0.471. The van der Waals surface area contributed by atoms with E-state index in [-0.39, 0.29) is 25.0 Å². The summed E-state index contributed by atoms with van der Waals surface area (Å²) in [6, 6.07) is 18.1. The van der Waals surface area contributed by atoms with Crippen molar-refractivity contribution in [1.29, 1.82) is 0 Å². The van der Waals surface area contributed by atoms with E-state index in [9.17, 15) is 29.4 Å². The molecule has 47 heavy (non-hydrogen) atoms. The summed E-state index contributed by atoms with van der Waals surface area (Å²) in [5.41, 5.74) is 14.7. The van der Waals surface area contributed by atoms with E-state index in [0.29, 0.717) is 36.9 Å². The molecule has 4 aromatic rings. The third-order valence-corrected chi connectivity index (χ3v) is 7.94. The van der Waals surface area contributed by atoms with Crippen LogP contribution in [-0.2, 0) is 38.4 Å². The molecule has 0 fully saturated rings. The third-order valence-electron chi connectivity index (χ3n) is 7.94. The number of benzene rings is 3. The number of aliphatic carboxylic acids is 1. The predicted octanol–water partition coefficient (Wildman–Crippen LogP) is 1.90. The molecule has 0 radical (unpaired) electrons. The van der Waals surface area contributed by atoms with Crippen LogP contribution in [0.25, 0.3) is 10.9 Å². The topological polar surface area (TPSA) is 213 Å². The molecule has 248 valence electrons. The fourth-order valence-electron chi connectivity index (χ4n) is 5.32. The first-order valence-electron chi connectivity index (χ1n) is 15.6. The molecule has 0 bridgehead atoms. The number of carbonyl (C=O) groups excluding carboxylic acids is 3. The van der Waals surface area contributed by atoms with Crippen molar-refractivity contribution in [3.63, 3.8) is 0 Å². The first-order valence-corrected chi connectivity index (χ1v) is 15.6. The Kier molecular flexibility index (Phi) is 12.5. The summed E-state index contributed by atoms with van der Waals surface area (Å²) in [6.07, 6.45) is 3.61. The van der Waals surface area contributed by atoms with Crippen LogP contribution in [0.2, 0.25) is 0 Å². The summed E-state index contributed by atoms with van der Waals surface area (Å²) in [4.78, 5) is 56.1. The maximum Gasteiger partial charge on any atom is 0.326 e. The molecule has 1 aromatic heterocycles. The second-order valence-corrected chi connectivity index (χ2v) is 11.5. The molecule has 0 spiro atoms. The van der Waals surface area contributed by atoms with Crippen LogP contribution in [-0.4, -0.2) is 69.6 Å². The molecule has 0 aliphatic heterocycles. The average Bonchev–Trinajstić information content (AvgIpc) is 3.47. The number of phenols is 1. The Morgan fingerprint density at radius 3 is 1.96 bits per heavy atom. The Balaban J connectivity index is 1.59. The Morgan fingerprint density at radius 1 is 0.702 bits per heavy atom. The van der Waals surface area contributed by atoms with Crippen molar-refractivity contribution >= 4 is 34.6 Å². The second kappa shape index (κ2) is 16.9. The standard InChI is InChI=1S/C35H42N6O6/c36-17-7-6-11-27(37)32(43)39-30(20-24-21-38-28-12-5-4-10-26(24)28)34(45)40-29(18-23-13-15-25(42)16-14-23)33(44)41-31(35(46)47)19-22-8-2-1-3-9-22/h1-5,8-10,12-16,21,27,29-31,38,42H,6-7,11,17-20,36-37H2,(H,39,43)(H,40,45)(H,41,44)(H,46,47). The van der Waals surface area contributed by atoms with Crippen molar-refractivity contribution in [3.8, 4) is 5.75 Å². The number of carboxylic acids is 1. The first kappa shape index (κ1) is 34.7. The Bertz CT molecular complexity index is 1640. The lowest BCUT2D eigenvalue weighted by Gasteiger charge is -2.25. The second-order valence-electron chi connectivity index (χ2n) is 11.5. The Morgan fingerprint density at radius 2 is 1.28 bits per heavy atom. The number of aromatic hydroxyl groups is 1. The van der Waals surface area contributed by atoms with Crippen LogP contribution in [0.1, 0.15) is 36.0 Å². The van der Waals surface area contributed by atoms with Crippen molar-refractivity contribution in [2.24, 2.45) is 11.5 Å². The SMILES string of the molecule is NCCCCC(N)C(=O)NC(Cc1c[nH]c2ccccc12)C(=O)NC(Cc1ccc(O)cc1)C(=O)NC(Cc1ccccc1)C(=O)O. The van der Waals surface area contributed by atoms with Crippen molar-refractivity contribution in [2.75, 3.05) is 6.54 Å². The summed E-state index contributed by atoms with van der Waals surface area (Å²) >= 11 is 0. The average molecular weight is 643 g/mol. The minimum absolute atomic E-state index is 0.0120. The molecule has 3 amide bonds. The molecule has 4 rings (SSSR count). The normalized spacial score (nSPS) is 13.7. The smallest absolute Gasteiger partial charge is 0.326 e. The fourth-order valence-corrected chi connectivity index (χ4v) is 5.32. The predicted molar refractivity (Wildman–Crippen MR) is 178 cm³/mol. The summed E-state index contributed by atoms with van der Waals surface area (Å²) in [5, 5.41) is 28.6. The number of carboxylic acid groups (broad SMARTS) is 1. The van der Waals surface area contributed by atoms with Crippen LogP contribution in [0, 0.1) is 0 Å². The number of rotatable bonds is 17. The van der Waals surface area contributed by atoms with Gasteiger partial charge in [-0.2, -0.15) is 0 Å². The molecule has 0 saturated carbocycles. The van der Waals surface area contributed by atoms with Gasteiger partial charge in [0.2, 0.25) is 17.7 Å². The van der Waals surface area contributed by atoms with E-state index in [1.165, 1.54) is 12.1 Å². The number of fused-ring (bicyclic) bond motifs is 1. The van der Waals surface area contributed by atoms with E-state index < -0.39 is 47.9 Å². The molecule has 12 heteroatoms. The van der Waals surface area contributed by atoms with Gasteiger partial charge >= 0.3 is 5.97 Å². The van der Waals surface area contributed by atoms with E-state index in [1.54, 1.807) is 48.7 Å². The molecular formula is C35H42N6O6. The molecule has 0 aliphatic carbocycles. The first-order chi connectivity index (χ1) is 22.6. The van der Waals surface area contributed by atoms with Gasteiger partial charge in [-0.05, 0) is 54.3 Å². The fraction of sp³-hybridized carbons (Fsp3) is 0.314. The lowest BCUT2D eigenvalue weighted by molar-refractivity contribution is -0.142. The minimum atomic E-state index is -1.27. The van der Waals surface area contributed by atoms with Crippen molar-refractivity contribution in [1.82, 2.24) is 20.9 Å². The van der Waals surface area contributed by atoms with Gasteiger partial charge < -0.3 is 42.6 Å². The van der Waals surface area contributed by atoms with E-state index >= 15 is 0 Å². The highest BCUT2D eigenvalue weighted by molar-refractivity contribution is 5.95. The highest BCUT2D eigenvalue weighted by atomic mass is 16.4. The van der Waals surface area contributed by atoms with Crippen LogP contribution in [0.5, 0.6) is 5.75 Å². The van der Waals surface area contributed by atoms with Crippen molar-refractivity contribution < 1.29 is 29.4 Å². The van der Waals surface area contributed by atoms with E-state index in [2.05, 4.69) is 20.9 Å². The molecule has 10 N–H and O–H groups in total. The number of nitrogens with two attached hydrogens (primary N) is 2. The number of H-pyrrole nitrogens is 1. The Labute approximate surface area is 272 Å². The van der Waals surface area contributed by atoms with Gasteiger partial charge in [0.25, 0.3) is 0 Å². The van der Waals surface area contributed by atoms with Crippen LogP contribution in [0.4, 0.5) is 0 Å². The van der Waals surface area contributed by atoms with E-state index in [4.69, 9.17) is 11.5 Å². The van der Waals surface area contributed by atoms with Crippen molar-refractivity contribution in [3.05, 3.63) is 102 Å². The van der Waals surface area contributed by atoms with Crippen LogP contribution < -0.4 is 27.4 Å². The van der Waals surface area contributed by atoms with Gasteiger partial charge in [-0.3, -0.25) is 14.4 Å². The van der Waals surface area contributed by atoms with Crippen LogP contribution in [0.15, 0.2) is 85.1 Å². The molecule has 12 nitrogen and oxygen atoms in total. The third kappa shape index (κ3) is 10.1. The van der Waals surface area contributed by atoms with Gasteiger partial charge in [-0.15, -0.1) is 0 Å². The van der Waals surface area contributed by atoms with Gasteiger partial charge in [-0.1, -0.05) is 67.1 Å². The summed E-state index contributed by atoms with van der Waals surface area (Å²) in [7, 11) is 0. The van der Waals surface area contributed by atoms with Gasteiger partial charge in [0.15, 0.2) is 0 Å². The van der Waals surface area contributed by atoms with Gasteiger partial charge in [0.1, 0.15) is 23.9 Å². The zero-order chi connectivity index (χ0) is 33.8. The molecular weight excluding hydrogens is 600 g/mol. The Hall–Kier alpha value is -5.20. The van der Waals surface area contributed by atoms with Gasteiger partial charge in [0.05, 0.1) is 6.04 Å². The monoisotopic (exact) mass is 642 g/mol. The zero-order valence-corrected chi connectivity index (χ0v) is 26.0. The largest absolute Gasteiger partial charge is 0.508 e. The number of nitrogens with one attached hydrogen (secondary N) is 4. The van der Waals surface area contributed by atoms with E-state index in [0.717, 1.165) is 16.5 Å². The van der Waals surface area contributed by atoms with Gasteiger partial charge in [0, 0.05) is 36.4 Å². The number of phenolic OH excluding ortho intramolecular Hbond substituents is 1. The molecule has 4 atom stereocenters. The van der Waals surface area contributed by atoms with Gasteiger partial charge in [-0.25, -0.2) is 4.79 Å². The molecule has 1 heterocycles. The molecule has 0 aliphatic rings. The van der Waals surface area contributed by atoms with Crippen molar-refractivity contribution in [2.45, 2.75) is 62.7 Å². The number of para-hydroxylation sites is 1. The number of carbonyl (C=O) groups is 4. The number of amides is 3. The maximum absolute atomic E-state index is 14.0. The lowest BCUT2D eigenvalue weighted by Crippen LogP contribution is -2.58. The summed E-state index contributed by atoms with van der Waals surface area (Å²) in [5.74, 6) is -3.09.